The van der Waals surface area contributed by atoms with E-state index in [1.807, 2.05) is 0 Å². The zero-order chi connectivity index (χ0) is 14.1. The molecule has 1 aliphatic rings. The molecular weight excluding hydrogens is 236 g/mol. The van der Waals surface area contributed by atoms with Gasteiger partial charge >= 0.3 is 0 Å². The average Bonchev–Trinajstić information content (AvgIpc) is 2.39. The Hall–Kier alpha value is -0.570. The molecule has 0 atom stereocenters. The van der Waals surface area contributed by atoms with Crippen LogP contribution in [0.15, 0.2) is 0 Å². The first kappa shape index (κ1) is 16.5. The van der Waals surface area contributed by atoms with E-state index in [0.29, 0.717) is 12.5 Å². The Balaban J connectivity index is 1.99. The number of amides is 1. The highest BCUT2D eigenvalue weighted by atomic mass is 16.1. The molecule has 0 unspecified atom stereocenters. The average molecular weight is 268 g/mol. The van der Waals surface area contributed by atoms with Crippen molar-refractivity contribution < 1.29 is 4.79 Å². The van der Waals surface area contributed by atoms with Gasteiger partial charge < -0.3 is 10.6 Å². The molecule has 0 spiro atoms. The van der Waals surface area contributed by atoms with Crippen LogP contribution in [-0.4, -0.2) is 25.5 Å². The van der Waals surface area contributed by atoms with Crippen LogP contribution in [0.1, 0.15) is 59.3 Å². The molecule has 3 heteroatoms. The Morgan fingerprint density at radius 2 is 1.79 bits per heavy atom. The van der Waals surface area contributed by atoms with E-state index in [-0.39, 0.29) is 5.91 Å². The number of hydrogen-bond donors (Lipinski definition) is 2. The van der Waals surface area contributed by atoms with Gasteiger partial charge in [-0.15, -0.1) is 0 Å². The molecule has 1 amide bonds. The standard InChI is InChI=1S/C16H32N2O/c1-4-14-5-7-15(8-6-14)11-17-12-16(19)18-10-9-13(2)3/h13-15,17H,4-12H2,1-3H3,(H,18,19). The summed E-state index contributed by atoms with van der Waals surface area (Å²) in [6, 6.07) is 0. The molecule has 0 aliphatic heterocycles. The summed E-state index contributed by atoms with van der Waals surface area (Å²) in [6.07, 6.45) is 7.82. The molecule has 1 saturated carbocycles. The molecule has 0 heterocycles. The van der Waals surface area contributed by atoms with Crippen molar-refractivity contribution in [1.29, 1.82) is 0 Å². The third kappa shape index (κ3) is 7.56. The lowest BCUT2D eigenvalue weighted by Crippen LogP contribution is -2.37. The fraction of sp³-hybridized carbons (Fsp3) is 0.938. The van der Waals surface area contributed by atoms with E-state index in [1.54, 1.807) is 0 Å². The van der Waals surface area contributed by atoms with Gasteiger partial charge in [-0.05, 0) is 43.6 Å². The summed E-state index contributed by atoms with van der Waals surface area (Å²) in [4.78, 5) is 11.6. The van der Waals surface area contributed by atoms with Gasteiger partial charge in [-0.3, -0.25) is 4.79 Å². The molecule has 0 radical (unpaired) electrons. The van der Waals surface area contributed by atoms with Crippen LogP contribution in [0, 0.1) is 17.8 Å². The van der Waals surface area contributed by atoms with E-state index >= 15 is 0 Å². The topological polar surface area (TPSA) is 41.1 Å². The summed E-state index contributed by atoms with van der Waals surface area (Å²) in [5, 5.41) is 6.28. The largest absolute Gasteiger partial charge is 0.355 e. The van der Waals surface area contributed by atoms with E-state index in [1.165, 1.54) is 32.1 Å². The zero-order valence-corrected chi connectivity index (χ0v) is 13.0. The fourth-order valence-corrected chi connectivity index (χ4v) is 2.80. The molecule has 19 heavy (non-hydrogen) atoms. The quantitative estimate of drug-likeness (QED) is 0.710. The summed E-state index contributed by atoms with van der Waals surface area (Å²) in [7, 11) is 0. The molecule has 1 fully saturated rings. The Labute approximate surface area is 118 Å². The van der Waals surface area contributed by atoms with Crippen molar-refractivity contribution in [2.75, 3.05) is 19.6 Å². The minimum atomic E-state index is 0.142. The van der Waals surface area contributed by atoms with Crippen LogP contribution in [0.25, 0.3) is 0 Å². The third-order valence-corrected chi connectivity index (χ3v) is 4.31. The van der Waals surface area contributed by atoms with Crippen molar-refractivity contribution in [3.05, 3.63) is 0 Å². The summed E-state index contributed by atoms with van der Waals surface area (Å²) in [5.41, 5.74) is 0. The summed E-state index contributed by atoms with van der Waals surface area (Å²) in [5.74, 6) is 2.53. The van der Waals surface area contributed by atoms with Crippen molar-refractivity contribution in [1.82, 2.24) is 10.6 Å². The number of nitrogens with one attached hydrogen (secondary N) is 2. The molecule has 2 N–H and O–H groups in total. The molecule has 1 rings (SSSR count). The number of carbonyl (C=O) groups is 1. The molecule has 1 aliphatic carbocycles. The highest BCUT2D eigenvalue weighted by molar-refractivity contribution is 5.77. The highest BCUT2D eigenvalue weighted by Gasteiger charge is 2.19. The van der Waals surface area contributed by atoms with E-state index in [9.17, 15) is 4.79 Å². The Bertz CT molecular complexity index is 245. The number of hydrogen-bond acceptors (Lipinski definition) is 2. The summed E-state index contributed by atoms with van der Waals surface area (Å²) >= 11 is 0. The lowest BCUT2D eigenvalue weighted by molar-refractivity contribution is -0.120. The van der Waals surface area contributed by atoms with Crippen LogP contribution in [0.2, 0.25) is 0 Å². The lowest BCUT2D eigenvalue weighted by Gasteiger charge is -2.27. The van der Waals surface area contributed by atoms with Gasteiger partial charge in [0.25, 0.3) is 0 Å². The van der Waals surface area contributed by atoms with Crippen LogP contribution >= 0.6 is 0 Å². The monoisotopic (exact) mass is 268 g/mol. The maximum Gasteiger partial charge on any atom is 0.233 e. The van der Waals surface area contributed by atoms with Gasteiger partial charge in [0.2, 0.25) is 5.91 Å². The molecule has 0 aromatic rings. The second-order valence-electron chi connectivity index (χ2n) is 6.46. The van der Waals surface area contributed by atoms with Crippen molar-refractivity contribution in [2.24, 2.45) is 17.8 Å². The van der Waals surface area contributed by atoms with E-state index in [4.69, 9.17) is 0 Å². The van der Waals surface area contributed by atoms with Gasteiger partial charge in [-0.25, -0.2) is 0 Å². The van der Waals surface area contributed by atoms with Gasteiger partial charge in [0, 0.05) is 6.54 Å². The SMILES string of the molecule is CCC1CCC(CNCC(=O)NCCC(C)C)CC1. The van der Waals surface area contributed by atoms with Crippen molar-refractivity contribution >= 4 is 5.91 Å². The van der Waals surface area contributed by atoms with Gasteiger partial charge in [0.15, 0.2) is 0 Å². The van der Waals surface area contributed by atoms with Crippen molar-refractivity contribution in [3.63, 3.8) is 0 Å². The van der Waals surface area contributed by atoms with E-state index in [0.717, 1.165) is 31.3 Å². The predicted octanol–water partition coefficient (Wildman–Crippen LogP) is 2.95. The maximum atomic E-state index is 11.6. The van der Waals surface area contributed by atoms with Crippen LogP contribution in [-0.2, 0) is 4.79 Å². The fourth-order valence-electron chi connectivity index (χ4n) is 2.80. The molecule has 0 bridgehead atoms. The predicted molar refractivity (Wildman–Crippen MR) is 81.1 cm³/mol. The molecular formula is C16H32N2O. The Kier molecular flexibility index (Phi) is 8.11. The first-order valence-corrected chi connectivity index (χ1v) is 8.09. The van der Waals surface area contributed by atoms with Gasteiger partial charge in [-0.1, -0.05) is 40.0 Å². The molecule has 112 valence electrons. The molecule has 0 saturated heterocycles. The highest BCUT2D eigenvalue weighted by Crippen LogP contribution is 2.29. The van der Waals surface area contributed by atoms with Crippen molar-refractivity contribution in [3.8, 4) is 0 Å². The summed E-state index contributed by atoms with van der Waals surface area (Å²) < 4.78 is 0. The second-order valence-corrected chi connectivity index (χ2v) is 6.46. The van der Waals surface area contributed by atoms with Crippen LogP contribution in [0.5, 0.6) is 0 Å². The molecule has 3 nitrogen and oxygen atoms in total. The van der Waals surface area contributed by atoms with Crippen LogP contribution < -0.4 is 10.6 Å². The summed E-state index contributed by atoms with van der Waals surface area (Å²) in [6.45, 7) is 8.94. The smallest absolute Gasteiger partial charge is 0.233 e. The minimum absolute atomic E-state index is 0.142. The van der Waals surface area contributed by atoms with Crippen LogP contribution in [0.4, 0.5) is 0 Å². The normalized spacial score (nSPS) is 23.6. The van der Waals surface area contributed by atoms with E-state index in [2.05, 4.69) is 31.4 Å². The number of carbonyl (C=O) groups excluding carboxylic acids is 1. The van der Waals surface area contributed by atoms with E-state index < -0.39 is 0 Å². The van der Waals surface area contributed by atoms with Gasteiger partial charge in [-0.2, -0.15) is 0 Å². The van der Waals surface area contributed by atoms with Gasteiger partial charge in [0.05, 0.1) is 6.54 Å². The first-order chi connectivity index (χ1) is 9.11. The van der Waals surface area contributed by atoms with Gasteiger partial charge in [0.1, 0.15) is 0 Å². The Morgan fingerprint density at radius 1 is 1.16 bits per heavy atom. The Morgan fingerprint density at radius 3 is 2.37 bits per heavy atom. The molecule has 0 aromatic carbocycles. The second kappa shape index (κ2) is 9.35. The third-order valence-electron chi connectivity index (χ3n) is 4.31. The maximum absolute atomic E-state index is 11.6. The zero-order valence-electron chi connectivity index (χ0n) is 13.0. The lowest BCUT2D eigenvalue weighted by atomic mass is 9.81. The van der Waals surface area contributed by atoms with Crippen molar-refractivity contribution in [2.45, 2.75) is 59.3 Å². The van der Waals surface area contributed by atoms with Crippen LogP contribution in [0.3, 0.4) is 0 Å². The minimum Gasteiger partial charge on any atom is -0.355 e. The number of rotatable bonds is 8. The molecule has 0 aromatic heterocycles. The first-order valence-electron chi connectivity index (χ1n) is 8.09.